The number of benzene rings is 3. The van der Waals surface area contributed by atoms with Crippen molar-refractivity contribution in [1.29, 1.82) is 0 Å². The first-order chi connectivity index (χ1) is 16.2. The number of sulfonamides is 1. The Morgan fingerprint density at radius 3 is 2.29 bits per heavy atom. The summed E-state index contributed by atoms with van der Waals surface area (Å²) in [5.74, 6) is 0.230. The van der Waals surface area contributed by atoms with Crippen LogP contribution in [0.15, 0.2) is 77.7 Å². The fourth-order valence-corrected chi connectivity index (χ4v) is 5.26. The fourth-order valence-electron chi connectivity index (χ4n) is 3.62. The Morgan fingerprint density at radius 2 is 1.68 bits per heavy atom. The summed E-state index contributed by atoms with van der Waals surface area (Å²) in [6.45, 7) is 5.87. The van der Waals surface area contributed by atoms with Crippen molar-refractivity contribution in [3.05, 3.63) is 89.5 Å². The van der Waals surface area contributed by atoms with Crippen LogP contribution in [0, 0.1) is 6.92 Å². The Labute approximate surface area is 202 Å². The van der Waals surface area contributed by atoms with E-state index in [2.05, 4.69) is 19.2 Å². The molecule has 34 heavy (non-hydrogen) atoms. The van der Waals surface area contributed by atoms with Gasteiger partial charge in [0.1, 0.15) is 10.6 Å². The van der Waals surface area contributed by atoms with Gasteiger partial charge >= 0.3 is 0 Å². The van der Waals surface area contributed by atoms with E-state index in [9.17, 15) is 13.2 Å². The van der Waals surface area contributed by atoms with Gasteiger partial charge in [-0.05, 0) is 60.2 Å². The van der Waals surface area contributed by atoms with Gasteiger partial charge in [0.15, 0.2) is 0 Å². The number of methoxy groups -OCH3 is 1. The molecular weight excluding hydrogens is 448 g/mol. The third kappa shape index (κ3) is 6.46. The molecule has 0 atom stereocenters. The number of ether oxygens (including phenoxy) is 1. The lowest BCUT2D eigenvalue weighted by molar-refractivity contribution is -0.116. The molecule has 6 nitrogen and oxygen atoms in total. The molecule has 7 heteroatoms. The topological polar surface area (TPSA) is 75.7 Å². The molecule has 3 aromatic rings. The third-order valence-corrected chi connectivity index (χ3v) is 7.48. The molecule has 0 aliphatic heterocycles. The lowest BCUT2D eigenvalue weighted by Gasteiger charge is -2.23. The predicted molar refractivity (Wildman–Crippen MR) is 136 cm³/mol. The van der Waals surface area contributed by atoms with Gasteiger partial charge in [-0.3, -0.25) is 4.79 Å². The van der Waals surface area contributed by atoms with Gasteiger partial charge in [-0.15, -0.1) is 0 Å². The maximum atomic E-state index is 13.7. The van der Waals surface area contributed by atoms with Gasteiger partial charge in [0, 0.05) is 12.2 Å². The van der Waals surface area contributed by atoms with Gasteiger partial charge in [-0.1, -0.05) is 62.4 Å². The van der Waals surface area contributed by atoms with Crippen LogP contribution in [0.4, 0.5) is 5.69 Å². The van der Waals surface area contributed by atoms with Crippen molar-refractivity contribution in [2.45, 2.75) is 38.0 Å². The normalized spacial score (nSPS) is 11.6. The molecule has 0 bridgehead atoms. The molecule has 0 radical (unpaired) electrons. The van der Waals surface area contributed by atoms with E-state index < -0.39 is 15.9 Å². The van der Waals surface area contributed by atoms with E-state index in [4.69, 9.17) is 4.74 Å². The van der Waals surface area contributed by atoms with Crippen molar-refractivity contribution in [2.75, 3.05) is 25.5 Å². The largest absolute Gasteiger partial charge is 0.495 e. The van der Waals surface area contributed by atoms with Crippen molar-refractivity contribution in [1.82, 2.24) is 4.31 Å². The van der Waals surface area contributed by atoms with E-state index in [1.54, 1.807) is 18.2 Å². The molecule has 0 saturated carbocycles. The van der Waals surface area contributed by atoms with Crippen LogP contribution < -0.4 is 10.1 Å². The minimum Gasteiger partial charge on any atom is -0.495 e. The zero-order chi connectivity index (χ0) is 24.7. The van der Waals surface area contributed by atoms with E-state index >= 15 is 0 Å². The zero-order valence-corrected chi connectivity index (χ0v) is 20.9. The van der Waals surface area contributed by atoms with Crippen molar-refractivity contribution in [2.24, 2.45) is 0 Å². The first-order valence-corrected chi connectivity index (χ1v) is 12.7. The van der Waals surface area contributed by atoms with E-state index in [0.29, 0.717) is 18.0 Å². The summed E-state index contributed by atoms with van der Waals surface area (Å²) in [7, 11) is -2.56. The SMILES string of the molecule is COc1ccc(C)cc1S(=O)(=O)N(CCc1ccccc1)CC(=O)Nc1ccc(C(C)C)cc1. The molecule has 0 saturated heterocycles. The van der Waals surface area contributed by atoms with Crippen LogP contribution >= 0.6 is 0 Å². The van der Waals surface area contributed by atoms with Crippen LogP contribution in [0.5, 0.6) is 5.75 Å². The quantitative estimate of drug-likeness (QED) is 0.443. The van der Waals surface area contributed by atoms with Crippen LogP contribution in [0.3, 0.4) is 0 Å². The molecule has 3 rings (SSSR count). The van der Waals surface area contributed by atoms with E-state index in [-0.39, 0.29) is 23.7 Å². The third-order valence-electron chi connectivity index (χ3n) is 5.61. The summed E-state index contributed by atoms with van der Waals surface area (Å²) in [5, 5.41) is 2.82. The highest BCUT2D eigenvalue weighted by Crippen LogP contribution is 2.28. The maximum Gasteiger partial charge on any atom is 0.247 e. The Bertz CT molecular complexity index is 1210. The molecule has 0 aliphatic rings. The van der Waals surface area contributed by atoms with Gasteiger partial charge < -0.3 is 10.1 Å². The first kappa shape index (κ1) is 25.5. The molecule has 180 valence electrons. The van der Waals surface area contributed by atoms with Crippen molar-refractivity contribution >= 4 is 21.6 Å². The van der Waals surface area contributed by atoms with E-state index in [1.807, 2.05) is 61.5 Å². The second-order valence-electron chi connectivity index (χ2n) is 8.55. The van der Waals surface area contributed by atoms with E-state index in [0.717, 1.165) is 16.7 Å². The highest BCUT2D eigenvalue weighted by Gasteiger charge is 2.29. The van der Waals surface area contributed by atoms with Gasteiger partial charge in [0.25, 0.3) is 0 Å². The molecule has 3 aromatic carbocycles. The molecule has 0 aromatic heterocycles. The molecular formula is C27H32N2O4S. The maximum absolute atomic E-state index is 13.7. The van der Waals surface area contributed by atoms with Gasteiger partial charge in [0.2, 0.25) is 15.9 Å². The average molecular weight is 481 g/mol. The van der Waals surface area contributed by atoms with Gasteiger partial charge in [-0.25, -0.2) is 8.42 Å². The standard InChI is InChI=1S/C27H32N2O4S/c1-20(2)23-11-13-24(14-12-23)28-27(30)19-29(17-16-22-8-6-5-7-9-22)34(31,32)26-18-21(3)10-15-25(26)33-4/h5-15,18,20H,16-17,19H2,1-4H3,(H,28,30). The van der Waals surface area contributed by atoms with Crippen LogP contribution in [-0.2, 0) is 21.2 Å². The summed E-state index contributed by atoms with van der Waals surface area (Å²) in [6.07, 6.45) is 0.477. The molecule has 0 unspecified atom stereocenters. The summed E-state index contributed by atoms with van der Waals surface area (Å²) < 4.78 is 33.9. The minimum absolute atomic E-state index is 0.0529. The second kappa shape index (κ2) is 11.3. The van der Waals surface area contributed by atoms with Crippen molar-refractivity contribution in [3.8, 4) is 5.75 Å². The highest BCUT2D eigenvalue weighted by atomic mass is 32.2. The predicted octanol–water partition coefficient (Wildman–Crippen LogP) is 5.00. The zero-order valence-electron chi connectivity index (χ0n) is 20.1. The van der Waals surface area contributed by atoms with Crippen molar-refractivity contribution in [3.63, 3.8) is 0 Å². The van der Waals surface area contributed by atoms with E-state index in [1.165, 1.54) is 11.4 Å². The Morgan fingerprint density at radius 1 is 1.00 bits per heavy atom. The molecule has 0 heterocycles. The summed E-state index contributed by atoms with van der Waals surface area (Å²) in [5.41, 5.74) is 3.57. The number of carbonyl (C=O) groups is 1. The number of nitrogens with zero attached hydrogens (tertiary/aromatic N) is 1. The molecule has 1 N–H and O–H groups in total. The second-order valence-corrected chi connectivity index (χ2v) is 10.5. The number of nitrogens with one attached hydrogen (secondary N) is 1. The molecule has 0 aliphatic carbocycles. The summed E-state index contributed by atoms with van der Waals surface area (Å²) in [4.78, 5) is 13.0. The van der Waals surface area contributed by atoms with Crippen LogP contribution in [0.25, 0.3) is 0 Å². The monoisotopic (exact) mass is 480 g/mol. The van der Waals surface area contributed by atoms with Gasteiger partial charge in [-0.2, -0.15) is 4.31 Å². The highest BCUT2D eigenvalue weighted by molar-refractivity contribution is 7.89. The molecule has 1 amide bonds. The van der Waals surface area contributed by atoms with Crippen LogP contribution in [0.2, 0.25) is 0 Å². The minimum atomic E-state index is -3.99. The summed E-state index contributed by atoms with van der Waals surface area (Å²) in [6, 6.07) is 22.2. The lowest BCUT2D eigenvalue weighted by Crippen LogP contribution is -2.39. The molecule has 0 fully saturated rings. The lowest BCUT2D eigenvalue weighted by atomic mass is 10.0. The average Bonchev–Trinajstić information content (AvgIpc) is 2.82. The Balaban J connectivity index is 1.85. The molecule has 0 spiro atoms. The number of carbonyl (C=O) groups excluding carboxylic acids is 1. The fraction of sp³-hybridized carbons (Fsp3) is 0.296. The number of anilines is 1. The van der Waals surface area contributed by atoms with Crippen LogP contribution in [0.1, 0.15) is 36.5 Å². The van der Waals surface area contributed by atoms with Crippen molar-refractivity contribution < 1.29 is 17.9 Å². The number of hydrogen-bond acceptors (Lipinski definition) is 4. The number of rotatable bonds is 10. The Kier molecular flexibility index (Phi) is 8.47. The van der Waals surface area contributed by atoms with Gasteiger partial charge in [0.05, 0.1) is 13.7 Å². The summed E-state index contributed by atoms with van der Waals surface area (Å²) >= 11 is 0. The number of hydrogen-bond donors (Lipinski definition) is 1. The first-order valence-electron chi connectivity index (χ1n) is 11.3. The Hall–Kier alpha value is -3.16. The number of aryl methyl sites for hydroxylation is 1. The van der Waals surface area contributed by atoms with Crippen LogP contribution in [-0.4, -0.2) is 38.8 Å². The number of amides is 1. The smallest absolute Gasteiger partial charge is 0.247 e.